The van der Waals surface area contributed by atoms with E-state index >= 15 is 0 Å². The molecule has 0 saturated carbocycles. The maximum Gasteiger partial charge on any atom is 0.123 e. The van der Waals surface area contributed by atoms with Gasteiger partial charge in [0.2, 0.25) is 0 Å². The van der Waals surface area contributed by atoms with E-state index in [1.54, 1.807) is 0 Å². The van der Waals surface area contributed by atoms with E-state index in [4.69, 9.17) is 11.2 Å². The highest BCUT2D eigenvalue weighted by molar-refractivity contribution is 5.43. The quantitative estimate of drug-likeness (QED) is 0.565. The molecule has 19 heavy (non-hydrogen) atoms. The normalized spacial score (nSPS) is 12.1. The summed E-state index contributed by atoms with van der Waals surface area (Å²) in [4.78, 5) is 0. The standard InChI is InChI=1S/C18H26O/c1-8-9-12-19-16-11-10-14(17(2,3)4)13-15(16)18(5,6)7/h1,10-11,13H,9,12H2,2-7H3. The smallest absolute Gasteiger partial charge is 0.123 e. The zero-order chi connectivity index (χ0) is 14.7. The van der Waals surface area contributed by atoms with Gasteiger partial charge in [-0.15, -0.1) is 12.3 Å². The average Bonchev–Trinajstić information content (AvgIpc) is 2.27. The molecule has 0 atom stereocenters. The van der Waals surface area contributed by atoms with Crippen molar-refractivity contribution in [2.24, 2.45) is 0 Å². The molecule has 0 radical (unpaired) electrons. The fraction of sp³-hybridized carbons (Fsp3) is 0.556. The second-order valence-corrected chi connectivity index (χ2v) is 7.01. The Labute approximate surface area is 118 Å². The van der Waals surface area contributed by atoms with Crippen LogP contribution >= 0.6 is 0 Å². The van der Waals surface area contributed by atoms with Crippen LogP contribution in [0.15, 0.2) is 18.2 Å². The molecule has 0 aliphatic rings. The third-order valence-corrected chi connectivity index (χ3v) is 3.16. The molecule has 0 heterocycles. The van der Waals surface area contributed by atoms with E-state index in [1.807, 2.05) is 0 Å². The van der Waals surface area contributed by atoms with Crippen molar-refractivity contribution >= 4 is 0 Å². The molecule has 1 aromatic carbocycles. The largest absolute Gasteiger partial charge is 0.492 e. The van der Waals surface area contributed by atoms with Gasteiger partial charge in [0.25, 0.3) is 0 Å². The third-order valence-electron chi connectivity index (χ3n) is 3.16. The third kappa shape index (κ3) is 4.31. The minimum atomic E-state index is 0.0622. The highest BCUT2D eigenvalue weighted by Gasteiger charge is 2.22. The molecule has 1 rings (SSSR count). The van der Waals surface area contributed by atoms with Gasteiger partial charge >= 0.3 is 0 Å². The van der Waals surface area contributed by atoms with Gasteiger partial charge in [0.15, 0.2) is 0 Å². The number of hydrogen-bond donors (Lipinski definition) is 0. The average molecular weight is 258 g/mol. The Kier molecular flexibility index (Phi) is 4.69. The van der Waals surface area contributed by atoms with E-state index in [9.17, 15) is 0 Å². The fourth-order valence-electron chi connectivity index (χ4n) is 1.93. The van der Waals surface area contributed by atoms with Crippen LogP contribution in [0.5, 0.6) is 5.75 Å². The Morgan fingerprint density at radius 1 is 1.05 bits per heavy atom. The topological polar surface area (TPSA) is 9.23 Å². The summed E-state index contributed by atoms with van der Waals surface area (Å²) >= 11 is 0. The number of ether oxygens (including phenoxy) is 1. The lowest BCUT2D eigenvalue weighted by Crippen LogP contribution is -2.17. The van der Waals surface area contributed by atoms with E-state index < -0.39 is 0 Å². The zero-order valence-corrected chi connectivity index (χ0v) is 13.1. The lowest BCUT2D eigenvalue weighted by Gasteiger charge is -2.27. The Bertz CT molecular complexity index is 464. The molecule has 0 N–H and O–H groups in total. The Hall–Kier alpha value is -1.42. The van der Waals surface area contributed by atoms with Crippen molar-refractivity contribution < 1.29 is 4.74 Å². The molecule has 0 aromatic heterocycles. The number of rotatable bonds is 3. The van der Waals surface area contributed by atoms with Gasteiger partial charge in [0, 0.05) is 6.42 Å². The molecular formula is C18H26O. The second kappa shape index (κ2) is 5.70. The lowest BCUT2D eigenvalue weighted by atomic mass is 9.80. The van der Waals surface area contributed by atoms with Crippen LogP contribution < -0.4 is 4.74 Å². The zero-order valence-electron chi connectivity index (χ0n) is 13.1. The first-order chi connectivity index (χ1) is 8.66. The monoisotopic (exact) mass is 258 g/mol. The minimum Gasteiger partial charge on any atom is -0.492 e. The maximum absolute atomic E-state index is 5.83. The predicted octanol–water partition coefficient (Wildman–Crippen LogP) is 4.68. The summed E-state index contributed by atoms with van der Waals surface area (Å²) in [6.07, 6.45) is 5.91. The Morgan fingerprint density at radius 2 is 1.68 bits per heavy atom. The predicted molar refractivity (Wildman–Crippen MR) is 82.8 cm³/mol. The van der Waals surface area contributed by atoms with E-state index in [2.05, 4.69) is 65.7 Å². The van der Waals surface area contributed by atoms with Crippen molar-refractivity contribution in [2.45, 2.75) is 58.8 Å². The summed E-state index contributed by atoms with van der Waals surface area (Å²) in [5, 5.41) is 0. The van der Waals surface area contributed by atoms with Crippen LogP contribution in [0, 0.1) is 12.3 Å². The van der Waals surface area contributed by atoms with E-state index in [0.717, 1.165) is 5.75 Å². The SMILES string of the molecule is C#CCCOc1ccc(C(C)(C)C)cc1C(C)(C)C. The summed E-state index contributed by atoms with van der Waals surface area (Å²) in [6.45, 7) is 13.9. The highest BCUT2D eigenvalue weighted by Crippen LogP contribution is 2.35. The molecule has 0 aliphatic heterocycles. The molecule has 0 bridgehead atoms. The van der Waals surface area contributed by atoms with Crippen LogP contribution in [0.3, 0.4) is 0 Å². The minimum absolute atomic E-state index is 0.0622. The van der Waals surface area contributed by atoms with Gasteiger partial charge in [-0.3, -0.25) is 0 Å². The van der Waals surface area contributed by atoms with Gasteiger partial charge in [-0.2, -0.15) is 0 Å². The molecule has 0 spiro atoms. The van der Waals surface area contributed by atoms with Gasteiger partial charge in [0.1, 0.15) is 5.75 Å². The van der Waals surface area contributed by atoms with E-state index in [1.165, 1.54) is 11.1 Å². The summed E-state index contributed by atoms with van der Waals surface area (Å²) in [7, 11) is 0. The fourth-order valence-corrected chi connectivity index (χ4v) is 1.93. The van der Waals surface area contributed by atoms with Gasteiger partial charge in [0.05, 0.1) is 6.61 Å². The lowest BCUT2D eigenvalue weighted by molar-refractivity contribution is 0.317. The Morgan fingerprint density at radius 3 is 2.16 bits per heavy atom. The number of benzene rings is 1. The maximum atomic E-state index is 5.83. The molecular weight excluding hydrogens is 232 g/mol. The van der Waals surface area contributed by atoms with Gasteiger partial charge in [-0.1, -0.05) is 53.7 Å². The first kappa shape index (κ1) is 15.6. The second-order valence-electron chi connectivity index (χ2n) is 7.01. The van der Waals surface area contributed by atoms with Gasteiger partial charge in [-0.25, -0.2) is 0 Å². The van der Waals surface area contributed by atoms with Crippen molar-refractivity contribution in [1.29, 1.82) is 0 Å². The van der Waals surface area contributed by atoms with Crippen molar-refractivity contribution in [3.8, 4) is 18.1 Å². The molecule has 0 saturated heterocycles. The van der Waals surface area contributed by atoms with Crippen molar-refractivity contribution in [3.63, 3.8) is 0 Å². The van der Waals surface area contributed by atoms with Crippen LogP contribution in [-0.4, -0.2) is 6.61 Å². The molecule has 1 heteroatoms. The summed E-state index contributed by atoms with van der Waals surface area (Å²) in [6, 6.07) is 6.50. The molecule has 1 nitrogen and oxygen atoms in total. The summed E-state index contributed by atoms with van der Waals surface area (Å²) < 4.78 is 5.83. The van der Waals surface area contributed by atoms with E-state index in [-0.39, 0.29) is 10.8 Å². The van der Waals surface area contributed by atoms with Crippen LogP contribution in [0.1, 0.15) is 59.1 Å². The molecule has 0 aliphatic carbocycles. The molecule has 0 unspecified atom stereocenters. The first-order valence-electron chi connectivity index (χ1n) is 6.87. The first-order valence-corrected chi connectivity index (χ1v) is 6.87. The number of hydrogen-bond acceptors (Lipinski definition) is 1. The molecule has 0 amide bonds. The highest BCUT2D eigenvalue weighted by atomic mass is 16.5. The van der Waals surface area contributed by atoms with Crippen LogP contribution in [0.25, 0.3) is 0 Å². The molecule has 0 fully saturated rings. The Balaban J connectivity index is 3.15. The van der Waals surface area contributed by atoms with Crippen LogP contribution in [-0.2, 0) is 10.8 Å². The molecule has 1 aromatic rings. The molecule has 104 valence electrons. The van der Waals surface area contributed by atoms with Crippen molar-refractivity contribution in [3.05, 3.63) is 29.3 Å². The summed E-state index contributed by atoms with van der Waals surface area (Å²) in [5.74, 6) is 3.56. The van der Waals surface area contributed by atoms with Gasteiger partial charge in [-0.05, 0) is 28.0 Å². The van der Waals surface area contributed by atoms with E-state index in [0.29, 0.717) is 13.0 Å². The van der Waals surface area contributed by atoms with Crippen LogP contribution in [0.4, 0.5) is 0 Å². The van der Waals surface area contributed by atoms with Crippen molar-refractivity contribution in [2.75, 3.05) is 6.61 Å². The summed E-state index contributed by atoms with van der Waals surface area (Å²) in [5.41, 5.74) is 2.79. The van der Waals surface area contributed by atoms with Crippen molar-refractivity contribution in [1.82, 2.24) is 0 Å². The number of terminal acetylenes is 1. The van der Waals surface area contributed by atoms with Gasteiger partial charge < -0.3 is 4.74 Å². The van der Waals surface area contributed by atoms with Crippen LogP contribution in [0.2, 0.25) is 0 Å².